The van der Waals surface area contributed by atoms with E-state index in [2.05, 4.69) is 10.6 Å². The van der Waals surface area contributed by atoms with E-state index in [0.717, 1.165) is 0 Å². The van der Waals surface area contributed by atoms with Gasteiger partial charge >= 0.3 is 6.18 Å². The number of amides is 2. The number of aliphatic hydroxyl groups excluding tert-OH is 1. The van der Waals surface area contributed by atoms with Gasteiger partial charge in [0.25, 0.3) is 0 Å². The van der Waals surface area contributed by atoms with Crippen LogP contribution in [0.4, 0.5) is 13.2 Å². The normalized spacial score (nSPS) is 15.5. The molecule has 1 aromatic rings. The molecule has 166 valence electrons. The molecule has 0 spiro atoms. The molecule has 0 unspecified atom stereocenters. The van der Waals surface area contributed by atoms with Gasteiger partial charge in [0, 0.05) is 0 Å². The molecule has 8 nitrogen and oxygen atoms in total. The standard InChI is InChI=1S/C19H25F3N4O4/c1-10(2)14(16(27)19(20,21)22)25-18(29)15(26-17(28)13(24)8-9-23)11-4-6-12(30-3)7-5-11/h4-7,10,13-16,27H,8,24H2,1-3H3,(H,25,29)(H,26,28)/t13-,14-,15-,16-/m0/s1. The second kappa shape index (κ2) is 10.8. The molecule has 30 heavy (non-hydrogen) atoms. The highest BCUT2D eigenvalue weighted by Gasteiger charge is 2.45. The second-order valence-electron chi connectivity index (χ2n) is 6.95. The first-order valence-corrected chi connectivity index (χ1v) is 9.04. The Morgan fingerprint density at radius 2 is 1.77 bits per heavy atom. The van der Waals surface area contributed by atoms with Gasteiger partial charge in [0.15, 0.2) is 6.10 Å². The first kappa shape index (κ1) is 25.2. The van der Waals surface area contributed by atoms with Crippen LogP contribution in [0.3, 0.4) is 0 Å². The third kappa shape index (κ3) is 6.89. The van der Waals surface area contributed by atoms with Gasteiger partial charge in [-0.05, 0) is 23.6 Å². The Balaban J connectivity index is 3.19. The number of methoxy groups -OCH3 is 1. The molecule has 0 aliphatic rings. The molecule has 11 heteroatoms. The van der Waals surface area contributed by atoms with Crippen molar-refractivity contribution in [3.8, 4) is 11.8 Å². The van der Waals surface area contributed by atoms with Crippen LogP contribution in [-0.2, 0) is 9.59 Å². The lowest BCUT2D eigenvalue weighted by Gasteiger charge is -2.31. The number of hydrogen-bond acceptors (Lipinski definition) is 6. The average Bonchev–Trinajstić information content (AvgIpc) is 2.68. The lowest BCUT2D eigenvalue weighted by atomic mass is 9.96. The molecule has 0 saturated heterocycles. The van der Waals surface area contributed by atoms with Crippen molar-refractivity contribution in [3.05, 3.63) is 29.8 Å². The average molecular weight is 430 g/mol. The van der Waals surface area contributed by atoms with Crippen LogP contribution in [-0.4, -0.2) is 48.4 Å². The monoisotopic (exact) mass is 430 g/mol. The lowest BCUT2D eigenvalue weighted by Crippen LogP contribution is -2.55. The summed E-state index contributed by atoms with van der Waals surface area (Å²) in [6.45, 7) is 2.81. The number of nitrogens with two attached hydrogens (primary N) is 1. The number of aliphatic hydroxyl groups is 1. The van der Waals surface area contributed by atoms with Gasteiger partial charge in [-0.1, -0.05) is 26.0 Å². The second-order valence-corrected chi connectivity index (χ2v) is 6.95. The molecule has 0 aliphatic carbocycles. The molecule has 0 heterocycles. The van der Waals surface area contributed by atoms with Gasteiger partial charge in [-0.2, -0.15) is 18.4 Å². The zero-order valence-corrected chi connectivity index (χ0v) is 16.7. The van der Waals surface area contributed by atoms with Crippen molar-refractivity contribution in [1.29, 1.82) is 5.26 Å². The number of hydrogen-bond donors (Lipinski definition) is 4. The van der Waals surface area contributed by atoms with Crippen LogP contribution in [0.1, 0.15) is 31.9 Å². The number of nitrogens with one attached hydrogen (secondary N) is 2. The van der Waals surface area contributed by atoms with E-state index in [0.29, 0.717) is 5.75 Å². The summed E-state index contributed by atoms with van der Waals surface area (Å²) in [6, 6.07) is 3.33. The van der Waals surface area contributed by atoms with Crippen LogP contribution in [0.2, 0.25) is 0 Å². The maximum Gasteiger partial charge on any atom is 0.416 e. The van der Waals surface area contributed by atoms with Gasteiger partial charge in [-0.3, -0.25) is 9.59 Å². The molecule has 0 bridgehead atoms. The molecular weight excluding hydrogens is 405 g/mol. The summed E-state index contributed by atoms with van der Waals surface area (Å²) >= 11 is 0. The third-order valence-corrected chi connectivity index (χ3v) is 4.35. The number of halogens is 3. The van der Waals surface area contributed by atoms with Crippen LogP contribution in [0.15, 0.2) is 24.3 Å². The first-order chi connectivity index (χ1) is 13.9. The number of nitriles is 1. The number of carbonyl (C=O) groups is 2. The maximum atomic E-state index is 13.0. The van der Waals surface area contributed by atoms with Gasteiger partial charge in [-0.15, -0.1) is 0 Å². The fourth-order valence-corrected chi connectivity index (χ4v) is 2.60. The fourth-order valence-electron chi connectivity index (χ4n) is 2.60. The van der Waals surface area contributed by atoms with Crippen LogP contribution < -0.4 is 21.1 Å². The predicted molar refractivity (Wildman–Crippen MR) is 101 cm³/mol. The third-order valence-electron chi connectivity index (χ3n) is 4.35. The fraction of sp³-hybridized carbons (Fsp3) is 0.526. The Morgan fingerprint density at radius 3 is 2.20 bits per heavy atom. The van der Waals surface area contributed by atoms with E-state index in [1.54, 1.807) is 6.07 Å². The quantitative estimate of drug-likeness (QED) is 0.464. The Kier molecular flexibility index (Phi) is 9.07. The summed E-state index contributed by atoms with van der Waals surface area (Å²) in [5.41, 5.74) is 5.82. The number of nitrogens with zero attached hydrogens (tertiary/aromatic N) is 1. The Bertz CT molecular complexity index is 763. The smallest absolute Gasteiger partial charge is 0.416 e. The minimum absolute atomic E-state index is 0.245. The molecule has 1 aromatic carbocycles. The predicted octanol–water partition coefficient (Wildman–Crippen LogP) is 1.16. The molecule has 4 atom stereocenters. The Hall–Kier alpha value is -2.84. The highest BCUT2D eigenvalue weighted by atomic mass is 19.4. The van der Waals surface area contributed by atoms with Crippen molar-refractivity contribution in [3.63, 3.8) is 0 Å². The van der Waals surface area contributed by atoms with Crippen molar-refractivity contribution >= 4 is 11.8 Å². The summed E-state index contributed by atoms with van der Waals surface area (Å²) < 4.78 is 44.0. The molecule has 2 amide bonds. The van der Waals surface area contributed by atoms with Crippen LogP contribution in [0, 0.1) is 17.2 Å². The van der Waals surface area contributed by atoms with Gasteiger partial charge < -0.3 is 26.2 Å². The molecule has 0 fully saturated rings. The zero-order valence-electron chi connectivity index (χ0n) is 16.7. The molecule has 1 rings (SSSR count). The topological polar surface area (TPSA) is 137 Å². The maximum absolute atomic E-state index is 13.0. The lowest BCUT2D eigenvalue weighted by molar-refractivity contribution is -0.215. The molecule has 0 aromatic heterocycles. The highest BCUT2D eigenvalue weighted by molar-refractivity contribution is 5.90. The van der Waals surface area contributed by atoms with Gasteiger partial charge in [0.1, 0.15) is 11.8 Å². The first-order valence-electron chi connectivity index (χ1n) is 9.04. The van der Waals surface area contributed by atoms with E-state index in [1.165, 1.54) is 45.2 Å². The van der Waals surface area contributed by atoms with Crippen LogP contribution in [0.5, 0.6) is 5.75 Å². The van der Waals surface area contributed by atoms with Crippen molar-refractivity contribution in [2.24, 2.45) is 11.7 Å². The van der Waals surface area contributed by atoms with E-state index in [9.17, 15) is 27.9 Å². The number of benzene rings is 1. The van der Waals surface area contributed by atoms with E-state index in [1.807, 2.05) is 0 Å². The zero-order chi connectivity index (χ0) is 23.1. The van der Waals surface area contributed by atoms with Crippen molar-refractivity contribution < 1.29 is 32.6 Å². The van der Waals surface area contributed by atoms with Gasteiger partial charge in [0.05, 0.1) is 31.7 Å². The van der Waals surface area contributed by atoms with Crippen molar-refractivity contribution in [2.45, 2.75) is 50.7 Å². The van der Waals surface area contributed by atoms with Crippen molar-refractivity contribution in [1.82, 2.24) is 10.6 Å². The largest absolute Gasteiger partial charge is 0.497 e. The number of carbonyl (C=O) groups excluding carboxylic acids is 2. The van der Waals surface area contributed by atoms with E-state index < -0.39 is 48.1 Å². The summed E-state index contributed by atoms with van der Waals surface area (Å²) in [5, 5.41) is 22.8. The SMILES string of the molecule is COc1ccc([C@H](NC(=O)[C@@H](N)CC#N)C(=O)N[C@@H](C(C)C)[C@H](O)C(F)(F)F)cc1. The number of rotatable bonds is 9. The van der Waals surface area contributed by atoms with E-state index in [4.69, 9.17) is 15.7 Å². The number of alkyl halides is 3. The summed E-state index contributed by atoms with van der Waals surface area (Å²) in [6.07, 6.45) is -8.06. The van der Waals surface area contributed by atoms with Crippen LogP contribution >= 0.6 is 0 Å². The Labute approximate surface area is 172 Å². The van der Waals surface area contributed by atoms with Gasteiger partial charge in [0.2, 0.25) is 11.8 Å². The van der Waals surface area contributed by atoms with E-state index >= 15 is 0 Å². The van der Waals surface area contributed by atoms with Gasteiger partial charge in [-0.25, -0.2) is 0 Å². The molecule has 0 saturated carbocycles. The van der Waals surface area contributed by atoms with Crippen molar-refractivity contribution in [2.75, 3.05) is 7.11 Å². The molecule has 0 radical (unpaired) electrons. The molecule has 0 aliphatic heterocycles. The molecular formula is C19H25F3N4O4. The minimum Gasteiger partial charge on any atom is -0.497 e. The van der Waals surface area contributed by atoms with E-state index in [-0.39, 0.29) is 12.0 Å². The minimum atomic E-state index is -4.95. The molecule has 5 N–H and O–H groups in total. The van der Waals surface area contributed by atoms with Crippen LogP contribution in [0.25, 0.3) is 0 Å². The highest BCUT2D eigenvalue weighted by Crippen LogP contribution is 2.26. The summed E-state index contributed by atoms with van der Waals surface area (Å²) in [5.74, 6) is -2.11. The Morgan fingerprint density at radius 1 is 1.20 bits per heavy atom. The summed E-state index contributed by atoms with van der Waals surface area (Å²) in [4.78, 5) is 25.1. The number of ether oxygens (including phenoxy) is 1. The summed E-state index contributed by atoms with van der Waals surface area (Å²) in [7, 11) is 1.42.